The molecule has 0 radical (unpaired) electrons. The van der Waals surface area contributed by atoms with Gasteiger partial charge in [0.2, 0.25) is 0 Å². The maximum Gasteiger partial charge on any atom is 0.258 e. The van der Waals surface area contributed by atoms with Crippen LogP contribution in [0.15, 0.2) is 30.3 Å². The summed E-state index contributed by atoms with van der Waals surface area (Å²) in [7, 11) is 0. The second kappa shape index (κ2) is 7.72. The molecule has 0 aliphatic carbocycles. The Morgan fingerprint density at radius 3 is 2.54 bits per heavy atom. The first-order chi connectivity index (χ1) is 12.3. The van der Waals surface area contributed by atoms with E-state index in [2.05, 4.69) is 16.3 Å². The standard InChI is InChI=1S/C20H25ClN2O3/c1-20(2,3)22-18(24)13-26-17-12-16(23-8-10-25-11-9-23)14-6-4-5-7-15(14)19(17)21/h4-7,12H,8-11,13H2,1-3H3,(H,22,24). The third-order valence-corrected chi connectivity index (χ3v) is 4.54. The molecule has 1 aliphatic heterocycles. The fourth-order valence-electron chi connectivity index (χ4n) is 3.06. The molecule has 0 atom stereocenters. The van der Waals surface area contributed by atoms with E-state index >= 15 is 0 Å². The number of anilines is 1. The molecule has 140 valence electrons. The van der Waals surface area contributed by atoms with Crippen LogP contribution in [0.3, 0.4) is 0 Å². The van der Waals surface area contributed by atoms with Crippen LogP contribution >= 0.6 is 11.6 Å². The highest BCUT2D eigenvalue weighted by atomic mass is 35.5. The summed E-state index contributed by atoms with van der Waals surface area (Å²) >= 11 is 6.57. The van der Waals surface area contributed by atoms with Gasteiger partial charge in [-0.2, -0.15) is 0 Å². The Labute approximate surface area is 159 Å². The number of morpholine rings is 1. The number of carbonyl (C=O) groups excluding carboxylic acids is 1. The summed E-state index contributed by atoms with van der Waals surface area (Å²) in [5.41, 5.74) is 0.756. The first-order valence-corrected chi connectivity index (χ1v) is 9.21. The molecule has 0 saturated carbocycles. The van der Waals surface area contributed by atoms with Gasteiger partial charge in [0, 0.05) is 41.2 Å². The van der Waals surface area contributed by atoms with E-state index in [1.165, 1.54) is 0 Å². The number of nitrogens with one attached hydrogen (secondary N) is 1. The van der Waals surface area contributed by atoms with E-state index in [-0.39, 0.29) is 18.1 Å². The smallest absolute Gasteiger partial charge is 0.258 e. The van der Waals surface area contributed by atoms with Gasteiger partial charge >= 0.3 is 0 Å². The number of hydrogen-bond acceptors (Lipinski definition) is 4. The Balaban J connectivity index is 1.90. The minimum atomic E-state index is -0.299. The van der Waals surface area contributed by atoms with Crippen LogP contribution in [0.1, 0.15) is 20.8 Å². The Hall–Kier alpha value is -1.98. The van der Waals surface area contributed by atoms with Crippen LogP contribution in [0.5, 0.6) is 5.75 Å². The normalized spacial score (nSPS) is 15.2. The lowest BCUT2D eigenvalue weighted by atomic mass is 10.1. The van der Waals surface area contributed by atoms with E-state index < -0.39 is 0 Å². The van der Waals surface area contributed by atoms with E-state index in [0.717, 1.165) is 29.5 Å². The van der Waals surface area contributed by atoms with Gasteiger partial charge in [0.1, 0.15) is 5.75 Å². The Morgan fingerprint density at radius 2 is 1.88 bits per heavy atom. The summed E-state index contributed by atoms with van der Waals surface area (Å²) in [4.78, 5) is 14.4. The summed E-state index contributed by atoms with van der Waals surface area (Å²) in [6.45, 7) is 8.75. The zero-order chi connectivity index (χ0) is 18.7. The number of fused-ring (bicyclic) bond motifs is 1. The third kappa shape index (κ3) is 4.40. The number of benzene rings is 2. The van der Waals surface area contributed by atoms with Crippen molar-refractivity contribution >= 4 is 34.0 Å². The fraction of sp³-hybridized carbons (Fsp3) is 0.450. The largest absolute Gasteiger partial charge is 0.482 e. The zero-order valence-corrected chi connectivity index (χ0v) is 16.2. The maximum absolute atomic E-state index is 12.1. The third-order valence-electron chi connectivity index (χ3n) is 4.15. The Kier molecular flexibility index (Phi) is 5.58. The van der Waals surface area contributed by atoms with Crippen LogP contribution in [0.4, 0.5) is 5.69 Å². The van der Waals surface area contributed by atoms with Crippen molar-refractivity contribution in [2.24, 2.45) is 0 Å². The predicted octanol–water partition coefficient (Wildman–Crippen LogP) is 3.62. The monoisotopic (exact) mass is 376 g/mol. The molecule has 5 nitrogen and oxygen atoms in total. The van der Waals surface area contributed by atoms with Gasteiger partial charge in [0.25, 0.3) is 5.91 Å². The zero-order valence-electron chi connectivity index (χ0n) is 15.5. The molecule has 0 bridgehead atoms. The molecular formula is C20H25ClN2O3. The van der Waals surface area contributed by atoms with Crippen LogP contribution < -0.4 is 15.0 Å². The Bertz CT molecular complexity index is 795. The van der Waals surface area contributed by atoms with Gasteiger partial charge < -0.3 is 19.7 Å². The van der Waals surface area contributed by atoms with Gasteiger partial charge in [0.15, 0.2) is 6.61 Å². The number of amides is 1. The first-order valence-electron chi connectivity index (χ1n) is 8.83. The topological polar surface area (TPSA) is 50.8 Å². The summed E-state index contributed by atoms with van der Waals surface area (Å²) in [6, 6.07) is 9.92. The summed E-state index contributed by atoms with van der Waals surface area (Å²) in [5, 5.41) is 5.41. The highest BCUT2D eigenvalue weighted by Gasteiger charge is 2.19. The van der Waals surface area contributed by atoms with Crippen molar-refractivity contribution in [2.45, 2.75) is 26.3 Å². The molecule has 2 aromatic carbocycles. The summed E-state index contributed by atoms with van der Waals surface area (Å²) in [5.74, 6) is 0.352. The van der Waals surface area contributed by atoms with Crippen molar-refractivity contribution < 1.29 is 14.3 Å². The van der Waals surface area contributed by atoms with Crippen molar-refractivity contribution in [1.82, 2.24) is 5.32 Å². The highest BCUT2D eigenvalue weighted by Crippen LogP contribution is 2.39. The molecule has 3 rings (SSSR count). The average molecular weight is 377 g/mol. The molecule has 0 aromatic heterocycles. The Morgan fingerprint density at radius 1 is 1.23 bits per heavy atom. The van der Waals surface area contributed by atoms with E-state index in [0.29, 0.717) is 24.0 Å². The lowest BCUT2D eigenvalue weighted by Crippen LogP contribution is -2.43. The molecule has 0 unspecified atom stereocenters. The molecule has 1 aliphatic rings. The molecule has 0 spiro atoms. The van der Waals surface area contributed by atoms with E-state index in [4.69, 9.17) is 21.1 Å². The fourth-order valence-corrected chi connectivity index (χ4v) is 3.34. The molecule has 26 heavy (non-hydrogen) atoms. The lowest BCUT2D eigenvalue weighted by Gasteiger charge is -2.30. The number of ether oxygens (including phenoxy) is 2. The molecule has 1 fully saturated rings. The predicted molar refractivity (Wildman–Crippen MR) is 105 cm³/mol. The van der Waals surface area contributed by atoms with E-state index in [1.54, 1.807) is 0 Å². The van der Waals surface area contributed by atoms with E-state index in [1.807, 2.05) is 45.0 Å². The summed E-state index contributed by atoms with van der Waals surface area (Å²) in [6.07, 6.45) is 0. The average Bonchev–Trinajstić information content (AvgIpc) is 2.60. The molecular weight excluding hydrogens is 352 g/mol. The number of carbonyl (C=O) groups is 1. The summed E-state index contributed by atoms with van der Waals surface area (Å²) < 4.78 is 11.2. The van der Waals surface area contributed by atoms with Gasteiger partial charge in [0.05, 0.1) is 18.2 Å². The second-order valence-electron chi connectivity index (χ2n) is 7.44. The first kappa shape index (κ1) is 18.8. The van der Waals surface area contributed by atoms with E-state index in [9.17, 15) is 4.79 Å². The van der Waals surface area contributed by atoms with Crippen LogP contribution in [-0.4, -0.2) is 44.4 Å². The minimum absolute atomic E-state index is 0.0715. The van der Waals surface area contributed by atoms with Crippen molar-refractivity contribution in [1.29, 1.82) is 0 Å². The SMILES string of the molecule is CC(C)(C)NC(=O)COc1cc(N2CCOCC2)c2ccccc2c1Cl. The van der Waals surface area contributed by atoms with Gasteiger partial charge in [-0.1, -0.05) is 35.9 Å². The van der Waals surface area contributed by atoms with Crippen LogP contribution in [0.25, 0.3) is 10.8 Å². The van der Waals surface area contributed by atoms with Crippen molar-refractivity contribution in [2.75, 3.05) is 37.8 Å². The van der Waals surface area contributed by atoms with Gasteiger partial charge in [-0.25, -0.2) is 0 Å². The molecule has 1 N–H and O–H groups in total. The molecule has 1 saturated heterocycles. The molecule has 6 heteroatoms. The second-order valence-corrected chi connectivity index (χ2v) is 7.82. The van der Waals surface area contributed by atoms with Crippen molar-refractivity contribution in [3.05, 3.63) is 35.4 Å². The molecule has 2 aromatic rings. The van der Waals surface area contributed by atoms with Crippen molar-refractivity contribution in [3.63, 3.8) is 0 Å². The van der Waals surface area contributed by atoms with Gasteiger partial charge in [-0.3, -0.25) is 4.79 Å². The number of hydrogen-bond donors (Lipinski definition) is 1. The van der Waals surface area contributed by atoms with Crippen LogP contribution in [0, 0.1) is 0 Å². The van der Waals surface area contributed by atoms with Gasteiger partial charge in [-0.15, -0.1) is 0 Å². The van der Waals surface area contributed by atoms with Crippen molar-refractivity contribution in [3.8, 4) is 5.75 Å². The number of rotatable bonds is 4. The number of nitrogens with zero attached hydrogens (tertiary/aromatic N) is 1. The molecule has 1 amide bonds. The maximum atomic E-state index is 12.1. The van der Waals surface area contributed by atoms with Crippen LogP contribution in [0.2, 0.25) is 5.02 Å². The highest BCUT2D eigenvalue weighted by molar-refractivity contribution is 6.37. The van der Waals surface area contributed by atoms with Crippen LogP contribution in [-0.2, 0) is 9.53 Å². The van der Waals surface area contributed by atoms with Gasteiger partial charge in [-0.05, 0) is 20.8 Å². The minimum Gasteiger partial charge on any atom is -0.482 e. The lowest BCUT2D eigenvalue weighted by molar-refractivity contribution is -0.124. The molecule has 1 heterocycles. The quantitative estimate of drug-likeness (QED) is 0.885. The number of halogens is 1.